The van der Waals surface area contributed by atoms with E-state index >= 15 is 0 Å². The van der Waals surface area contributed by atoms with Crippen LogP contribution < -0.4 is 16.5 Å². The first-order valence-electron chi connectivity index (χ1n) is 6.51. The van der Waals surface area contributed by atoms with Gasteiger partial charge in [-0.1, -0.05) is 0 Å². The average Bonchev–Trinajstić information content (AvgIpc) is 2.57. The van der Waals surface area contributed by atoms with Gasteiger partial charge in [0.1, 0.15) is 0 Å². The molecule has 0 unspecified atom stereocenters. The Labute approximate surface area is 119 Å². The molecule has 108 valence electrons. The maximum atomic E-state index is 11.7. The van der Waals surface area contributed by atoms with E-state index in [0.29, 0.717) is 5.46 Å². The van der Waals surface area contributed by atoms with Gasteiger partial charge in [-0.3, -0.25) is 4.79 Å². The third kappa shape index (κ3) is 2.27. The second-order valence-corrected chi connectivity index (χ2v) is 5.83. The zero-order chi connectivity index (χ0) is 15.1. The summed E-state index contributed by atoms with van der Waals surface area (Å²) in [5.74, 6) is -0.333. The van der Waals surface area contributed by atoms with Gasteiger partial charge in [-0.25, -0.2) is 4.98 Å². The summed E-state index contributed by atoms with van der Waals surface area (Å²) in [4.78, 5) is 15.7. The number of nitrogens with one attached hydrogen (secondary N) is 1. The Hall–Kier alpha value is -1.60. The SMILES string of the molecule is CNC(=O)c1nccc(B2OC(C)(C)C(C)(C)O2)c1N. The van der Waals surface area contributed by atoms with Crippen molar-refractivity contribution in [3.8, 4) is 0 Å². The monoisotopic (exact) mass is 277 g/mol. The first-order chi connectivity index (χ1) is 9.19. The van der Waals surface area contributed by atoms with Crippen molar-refractivity contribution >= 4 is 24.2 Å². The molecule has 0 radical (unpaired) electrons. The van der Waals surface area contributed by atoms with Crippen molar-refractivity contribution in [2.75, 3.05) is 12.8 Å². The second-order valence-electron chi connectivity index (χ2n) is 5.83. The predicted molar refractivity (Wildman–Crippen MR) is 77.8 cm³/mol. The minimum atomic E-state index is -0.605. The average molecular weight is 277 g/mol. The smallest absolute Gasteiger partial charge is 0.399 e. The summed E-state index contributed by atoms with van der Waals surface area (Å²) < 4.78 is 11.9. The standard InChI is InChI=1S/C13H20BN3O3/c1-12(2)13(3,4)20-14(19-12)8-6-7-17-10(9(8)15)11(18)16-5/h6-7H,15H2,1-5H3,(H,16,18). The van der Waals surface area contributed by atoms with Crippen LogP contribution in [-0.4, -0.2) is 36.3 Å². The quantitative estimate of drug-likeness (QED) is 0.760. The highest BCUT2D eigenvalue weighted by Crippen LogP contribution is 2.36. The van der Waals surface area contributed by atoms with E-state index in [0.717, 1.165) is 0 Å². The highest BCUT2D eigenvalue weighted by Gasteiger charge is 2.52. The lowest BCUT2D eigenvalue weighted by molar-refractivity contribution is 0.00578. The van der Waals surface area contributed by atoms with Crippen LogP contribution in [0, 0.1) is 0 Å². The van der Waals surface area contributed by atoms with Crippen molar-refractivity contribution in [3.05, 3.63) is 18.0 Å². The number of rotatable bonds is 2. The van der Waals surface area contributed by atoms with Gasteiger partial charge in [-0.15, -0.1) is 0 Å². The van der Waals surface area contributed by atoms with E-state index in [2.05, 4.69) is 10.3 Å². The number of aromatic nitrogens is 1. The lowest BCUT2D eigenvalue weighted by Crippen LogP contribution is -2.41. The van der Waals surface area contributed by atoms with Crippen molar-refractivity contribution in [2.24, 2.45) is 0 Å². The van der Waals surface area contributed by atoms with Crippen molar-refractivity contribution in [1.29, 1.82) is 0 Å². The topological polar surface area (TPSA) is 86.5 Å². The molecule has 2 heterocycles. The molecule has 0 aromatic carbocycles. The molecule has 0 bridgehead atoms. The fraction of sp³-hybridized carbons (Fsp3) is 0.538. The van der Waals surface area contributed by atoms with Crippen LogP contribution in [0.25, 0.3) is 0 Å². The number of pyridine rings is 1. The van der Waals surface area contributed by atoms with E-state index in [1.807, 2.05) is 27.7 Å². The van der Waals surface area contributed by atoms with Crippen LogP contribution in [-0.2, 0) is 9.31 Å². The van der Waals surface area contributed by atoms with Crippen LogP contribution in [0.2, 0.25) is 0 Å². The highest BCUT2D eigenvalue weighted by molar-refractivity contribution is 6.64. The number of anilines is 1. The molecule has 1 aromatic heterocycles. The van der Waals surface area contributed by atoms with E-state index in [1.54, 1.807) is 6.07 Å². The van der Waals surface area contributed by atoms with Gasteiger partial charge in [0.15, 0.2) is 5.69 Å². The Balaban J connectivity index is 2.39. The summed E-state index contributed by atoms with van der Waals surface area (Å²) in [6.45, 7) is 7.85. The van der Waals surface area contributed by atoms with Crippen LogP contribution in [0.15, 0.2) is 12.3 Å². The number of nitrogens with two attached hydrogens (primary N) is 1. The molecule has 1 amide bonds. The molecule has 1 fully saturated rings. The van der Waals surface area contributed by atoms with E-state index in [1.165, 1.54) is 13.2 Å². The van der Waals surface area contributed by atoms with Gasteiger partial charge < -0.3 is 20.4 Å². The highest BCUT2D eigenvalue weighted by atomic mass is 16.7. The lowest BCUT2D eigenvalue weighted by atomic mass is 9.78. The number of amides is 1. The molecule has 7 heteroatoms. The number of hydrogen-bond acceptors (Lipinski definition) is 5. The van der Waals surface area contributed by atoms with Crippen molar-refractivity contribution in [2.45, 2.75) is 38.9 Å². The molecular weight excluding hydrogens is 257 g/mol. The van der Waals surface area contributed by atoms with E-state index in [-0.39, 0.29) is 17.3 Å². The van der Waals surface area contributed by atoms with Gasteiger partial charge in [0.2, 0.25) is 0 Å². The Morgan fingerprint density at radius 1 is 1.30 bits per heavy atom. The molecule has 20 heavy (non-hydrogen) atoms. The van der Waals surface area contributed by atoms with Crippen molar-refractivity contribution < 1.29 is 14.1 Å². The van der Waals surface area contributed by atoms with Gasteiger partial charge in [-0.2, -0.15) is 0 Å². The van der Waals surface area contributed by atoms with Gasteiger partial charge in [0, 0.05) is 18.7 Å². The number of carbonyl (C=O) groups is 1. The Kier molecular flexibility index (Phi) is 3.52. The molecule has 1 saturated heterocycles. The van der Waals surface area contributed by atoms with E-state index < -0.39 is 18.3 Å². The Morgan fingerprint density at radius 3 is 2.35 bits per heavy atom. The molecular formula is C13H20BN3O3. The Bertz CT molecular complexity index is 530. The summed E-state index contributed by atoms with van der Waals surface area (Å²) >= 11 is 0. The normalized spacial score (nSPS) is 19.9. The zero-order valence-electron chi connectivity index (χ0n) is 12.5. The number of nitrogen functional groups attached to an aromatic ring is 1. The molecule has 0 atom stereocenters. The zero-order valence-corrected chi connectivity index (χ0v) is 12.5. The molecule has 1 aromatic rings. The summed E-state index contributed by atoms with van der Waals surface area (Å²) in [5.41, 5.74) is 6.20. The third-order valence-electron chi connectivity index (χ3n) is 3.97. The first-order valence-corrected chi connectivity index (χ1v) is 6.51. The fourth-order valence-electron chi connectivity index (χ4n) is 1.96. The minimum absolute atomic E-state index is 0.180. The van der Waals surface area contributed by atoms with Crippen molar-refractivity contribution in [3.63, 3.8) is 0 Å². The third-order valence-corrected chi connectivity index (χ3v) is 3.97. The molecule has 1 aliphatic rings. The van der Waals surface area contributed by atoms with Crippen LogP contribution in [0.5, 0.6) is 0 Å². The summed E-state index contributed by atoms with van der Waals surface area (Å²) in [7, 11) is 0.927. The van der Waals surface area contributed by atoms with Crippen LogP contribution in [0.1, 0.15) is 38.2 Å². The Morgan fingerprint density at radius 2 is 1.85 bits per heavy atom. The van der Waals surface area contributed by atoms with E-state index in [4.69, 9.17) is 15.0 Å². The molecule has 0 spiro atoms. The van der Waals surface area contributed by atoms with Crippen LogP contribution in [0.4, 0.5) is 5.69 Å². The summed E-state index contributed by atoms with van der Waals surface area (Å²) in [6.07, 6.45) is 1.53. The van der Waals surface area contributed by atoms with Crippen LogP contribution in [0.3, 0.4) is 0 Å². The summed E-state index contributed by atoms with van der Waals surface area (Å²) in [5, 5.41) is 2.51. The minimum Gasteiger partial charge on any atom is -0.399 e. The number of hydrogen-bond donors (Lipinski definition) is 2. The lowest BCUT2D eigenvalue weighted by Gasteiger charge is -2.32. The molecule has 0 aliphatic carbocycles. The number of nitrogens with zero attached hydrogens (tertiary/aromatic N) is 1. The maximum Gasteiger partial charge on any atom is 0.497 e. The first kappa shape index (κ1) is 14.8. The predicted octanol–water partition coefficient (Wildman–Crippen LogP) is 0.323. The molecule has 1 aliphatic heterocycles. The molecule has 2 rings (SSSR count). The largest absolute Gasteiger partial charge is 0.497 e. The van der Waals surface area contributed by atoms with E-state index in [9.17, 15) is 4.79 Å². The second kappa shape index (κ2) is 4.75. The van der Waals surface area contributed by atoms with Gasteiger partial charge in [0.25, 0.3) is 5.91 Å². The molecule has 6 nitrogen and oxygen atoms in total. The molecule has 3 N–H and O–H groups in total. The maximum absolute atomic E-state index is 11.7. The molecule has 0 saturated carbocycles. The van der Waals surface area contributed by atoms with Crippen molar-refractivity contribution in [1.82, 2.24) is 10.3 Å². The number of carbonyl (C=O) groups excluding carboxylic acids is 1. The van der Waals surface area contributed by atoms with Gasteiger partial charge in [-0.05, 0) is 33.8 Å². The fourth-order valence-corrected chi connectivity index (χ4v) is 1.96. The van der Waals surface area contributed by atoms with Crippen LogP contribution >= 0.6 is 0 Å². The van der Waals surface area contributed by atoms with Gasteiger partial charge >= 0.3 is 7.12 Å². The van der Waals surface area contributed by atoms with Gasteiger partial charge in [0.05, 0.1) is 16.9 Å². The summed E-state index contributed by atoms with van der Waals surface area (Å²) in [6, 6.07) is 1.71.